The molecule has 0 radical (unpaired) electrons. The van der Waals surface area contributed by atoms with Gasteiger partial charge in [0.15, 0.2) is 18.1 Å². The minimum absolute atomic E-state index is 0.189. The SMILES string of the molecule is C=CCOc1ccccc1OCC(=O)Nc1nc2scc(-c3ccc(C)cc3C)n2n1. The molecule has 4 aromatic rings. The van der Waals surface area contributed by atoms with Crippen molar-refractivity contribution >= 4 is 28.2 Å². The zero-order valence-corrected chi connectivity index (χ0v) is 18.1. The second-order valence-corrected chi connectivity index (χ2v) is 7.79. The fourth-order valence-electron chi connectivity index (χ4n) is 3.16. The lowest BCUT2D eigenvalue weighted by molar-refractivity contribution is -0.118. The Morgan fingerprint density at radius 2 is 1.97 bits per heavy atom. The summed E-state index contributed by atoms with van der Waals surface area (Å²) in [6.45, 7) is 7.93. The molecule has 0 spiro atoms. The highest BCUT2D eigenvalue weighted by Gasteiger charge is 2.15. The number of fused-ring (bicyclic) bond motifs is 1. The van der Waals surface area contributed by atoms with Gasteiger partial charge in [0.2, 0.25) is 4.96 Å². The van der Waals surface area contributed by atoms with Crippen molar-refractivity contribution in [3.8, 4) is 22.8 Å². The van der Waals surface area contributed by atoms with Crippen LogP contribution in [0, 0.1) is 13.8 Å². The molecule has 0 unspecified atom stereocenters. The lowest BCUT2D eigenvalue weighted by atomic mass is 10.0. The second kappa shape index (κ2) is 9.01. The number of benzene rings is 2. The molecule has 0 fully saturated rings. The average Bonchev–Trinajstić information content (AvgIpc) is 3.32. The molecule has 31 heavy (non-hydrogen) atoms. The first-order valence-electron chi connectivity index (χ1n) is 9.72. The van der Waals surface area contributed by atoms with Crippen LogP contribution in [0.15, 0.2) is 60.5 Å². The quantitative estimate of drug-likeness (QED) is 0.408. The number of carbonyl (C=O) groups excluding carboxylic acids is 1. The number of aryl methyl sites for hydroxylation is 2. The van der Waals surface area contributed by atoms with Gasteiger partial charge in [-0.2, -0.15) is 4.98 Å². The predicted molar refractivity (Wildman–Crippen MR) is 122 cm³/mol. The number of nitrogens with zero attached hydrogens (tertiary/aromatic N) is 3. The average molecular weight is 435 g/mol. The molecule has 2 aromatic heterocycles. The summed E-state index contributed by atoms with van der Waals surface area (Å²) in [7, 11) is 0. The maximum absolute atomic E-state index is 12.4. The van der Waals surface area contributed by atoms with Crippen LogP contribution in [0.1, 0.15) is 11.1 Å². The van der Waals surface area contributed by atoms with Crippen LogP contribution < -0.4 is 14.8 Å². The molecular formula is C23H22N4O3S. The first kappa shape index (κ1) is 20.6. The minimum atomic E-state index is -0.357. The minimum Gasteiger partial charge on any atom is -0.486 e. The number of hydrogen-bond donors (Lipinski definition) is 1. The molecule has 0 aliphatic rings. The molecule has 2 aromatic carbocycles. The first-order chi connectivity index (χ1) is 15.0. The third-order valence-electron chi connectivity index (χ3n) is 4.56. The van der Waals surface area contributed by atoms with Crippen molar-refractivity contribution < 1.29 is 14.3 Å². The molecular weight excluding hydrogens is 412 g/mol. The van der Waals surface area contributed by atoms with E-state index in [1.54, 1.807) is 22.7 Å². The third-order valence-corrected chi connectivity index (χ3v) is 5.37. The van der Waals surface area contributed by atoms with Crippen LogP contribution in [-0.4, -0.2) is 33.7 Å². The molecule has 1 N–H and O–H groups in total. The standard InChI is InChI=1S/C23H22N4O3S/c1-4-11-29-19-7-5-6-8-20(19)30-13-21(28)24-22-25-23-27(26-22)18(14-31-23)17-10-9-15(2)12-16(17)3/h4-10,12,14H,1,11,13H2,2-3H3,(H,24,26,28). The van der Waals surface area contributed by atoms with Gasteiger partial charge in [0.25, 0.3) is 11.9 Å². The lowest BCUT2D eigenvalue weighted by Crippen LogP contribution is -2.21. The fourth-order valence-corrected chi connectivity index (χ4v) is 3.98. The van der Waals surface area contributed by atoms with E-state index in [-0.39, 0.29) is 18.5 Å². The van der Waals surface area contributed by atoms with Gasteiger partial charge in [-0.1, -0.05) is 48.6 Å². The molecule has 1 amide bonds. The Balaban J connectivity index is 1.45. The highest BCUT2D eigenvalue weighted by Crippen LogP contribution is 2.29. The normalized spacial score (nSPS) is 10.8. The number of hydrogen-bond acceptors (Lipinski definition) is 6. The van der Waals surface area contributed by atoms with Crippen molar-refractivity contribution in [2.75, 3.05) is 18.5 Å². The lowest BCUT2D eigenvalue weighted by Gasteiger charge is -2.11. The van der Waals surface area contributed by atoms with Gasteiger partial charge in [0.1, 0.15) is 6.61 Å². The van der Waals surface area contributed by atoms with Gasteiger partial charge in [0, 0.05) is 10.9 Å². The molecule has 0 saturated heterocycles. The maximum atomic E-state index is 12.4. The number of para-hydroxylation sites is 2. The Labute approximate surface area is 184 Å². The summed E-state index contributed by atoms with van der Waals surface area (Å²) in [4.78, 5) is 17.5. The maximum Gasteiger partial charge on any atom is 0.264 e. The van der Waals surface area contributed by atoms with Crippen molar-refractivity contribution in [2.45, 2.75) is 13.8 Å². The Bertz CT molecular complexity index is 1240. The summed E-state index contributed by atoms with van der Waals surface area (Å²) < 4.78 is 12.9. The monoisotopic (exact) mass is 434 g/mol. The van der Waals surface area contributed by atoms with Crippen LogP contribution in [0.25, 0.3) is 16.2 Å². The molecule has 2 heterocycles. The smallest absolute Gasteiger partial charge is 0.264 e. The van der Waals surface area contributed by atoms with Gasteiger partial charge in [-0.25, -0.2) is 4.52 Å². The molecule has 7 nitrogen and oxygen atoms in total. The van der Waals surface area contributed by atoms with Gasteiger partial charge in [0.05, 0.1) is 5.69 Å². The highest BCUT2D eigenvalue weighted by molar-refractivity contribution is 7.15. The predicted octanol–water partition coefficient (Wildman–Crippen LogP) is 4.66. The Morgan fingerprint density at radius 3 is 2.71 bits per heavy atom. The van der Waals surface area contributed by atoms with Crippen LogP contribution in [0.3, 0.4) is 0 Å². The fraction of sp³-hybridized carbons (Fsp3) is 0.174. The number of aromatic nitrogens is 3. The molecule has 158 valence electrons. The van der Waals surface area contributed by atoms with E-state index in [1.165, 1.54) is 16.9 Å². The van der Waals surface area contributed by atoms with Crippen molar-refractivity contribution in [3.63, 3.8) is 0 Å². The molecule has 0 bridgehead atoms. The largest absolute Gasteiger partial charge is 0.486 e. The highest BCUT2D eigenvalue weighted by atomic mass is 32.1. The number of rotatable bonds is 8. The number of thiazole rings is 1. The van der Waals surface area contributed by atoms with E-state index in [2.05, 4.69) is 54.0 Å². The summed E-state index contributed by atoms with van der Waals surface area (Å²) in [5.41, 5.74) is 4.39. The number of ether oxygens (including phenoxy) is 2. The summed E-state index contributed by atoms with van der Waals surface area (Å²) in [6, 6.07) is 13.4. The zero-order valence-electron chi connectivity index (χ0n) is 17.3. The molecule has 0 aliphatic carbocycles. The van der Waals surface area contributed by atoms with Gasteiger partial charge in [-0.15, -0.1) is 16.4 Å². The van der Waals surface area contributed by atoms with Crippen molar-refractivity contribution in [1.82, 2.24) is 14.6 Å². The topological polar surface area (TPSA) is 77.8 Å². The van der Waals surface area contributed by atoms with Gasteiger partial charge in [-0.05, 0) is 31.5 Å². The van der Waals surface area contributed by atoms with Crippen LogP contribution >= 0.6 is 11.3 Å². The summed E-state index contributed by atoms with van der Waals surface area (Å²) in [6.07, 6.45) is 1.64. The van der Waals surface area contributed by atoms with Gasteiger partial charge >= 0.3 is 0 Å². The van der Waals surface area contributed by atoms with Gasteiger partial charge in [-0.3, -0.25) is 10.1 Å². The van der Waals surface area contributed by atoms with Crippen LogP contribution in [0.5, 0.6) is 11.5 Å². The summed E-state index contributed by atoms with van der Waals surface area (Å²) in [5, 5.41) is 9.17. The van der Waals surface area contributed by atoms with Crippen LogP contribution in [-0.2, 0) is 4.79 Å². The van der Waals surface area contributed by atoms with Crippen molar-refractivity contribution in [3.05, 3.63) is 71.6 Å². The third kappa shape index (κ3) is 4.59. The number of amides is 1. The van der Waals surface area contributed by atoms with E-state index >= 15 is 0 Å². The van der Waals surface area contributed by atoms with E-state index in [4.69, 9.17) is 9.47 Å². The second-order valence-electron chi connectivity index (χ2n) is 6.95. The number of nitrogens with one attached hydrogen (secondary N) is 1. The molecule has 8 heteroatoms. The molecule has 0 aliphatic heterocycles. The number of anilines is 1. The van der Waals surface area contributed by atoms with Crippen molar-refractivity contribution in [1.29, 1.82) is 0 Å². The molecule has 0 atom stereocenters. The molecule has 0 saturated carbocycles. The summed E-state index contributed by atoms with van der Waals surface area (Å²) in [5.74, 6) is 0.914. The number of carbonyl (C=O) groups is 1. The Hall–Kier alpha value is -3.65. The Morgan fingerprint density at radius 1 is 1.19 bits per heavy atom. The van der Waals surface area contributed by atoms with Gasteiger partial charge < -0.3 is 9.47 Å². The van der Waals surface area contributed by atoms with E-state index in [9.17, 15) is 4.79 Å². The zero-order chi connectivity index (χ0) is 21.8. The van der Waals surface area contributed by atoms with E-state index in [1.807, 2.05) is 17.5 Å². The van der Waals surface area contributed by atoms with E-state index in [0.29, 0.717) is 23.1 Å². The van der Waals surface area contributed by atoms with E-state index in [0.717, 1.165) is 16.8 Å². The van der Waals surface area contributed by atoms with E-state index < -0.39 is 0 Å². The van der Waals surface area contributed by atoms with Crippen LogP contribution in [0.2, 0.25) is 0 Å². The first-order valence-corrected chi connectivity index (χ1v) is 10.6. The van der Waals surface area contributed by atoms with Crippen LogP contribution in [0.4, 0.5) is 5.95 Å². The Kier molecular flexibility index (Phi) is 5.99. The molecule has 4 rings (SSSR count). The van der Waals surface area contributed by atoms with Crippen molar-refractivity contribution in [2.24, 2.45) is 0 Å². The summed E-state index contributed by atoms with van der Waals surface area (Å²) >= 11 is 1.47.